The van der Waals surface area contributed by atoms with E-state index >= 15 is 0 Å². The molecule has 0 bridgehead atoms. The van der Waals surface area contributed by atoms with E-state index in [0.717, 1.165) is 18.4 Å². The van der Waals surface area contributed by atoms with Gasteiger partial charge < -0.3 is 0 Å². The standard InChI is InChI=1S/C18H30O3S.CH5P/c1-2-3-4-5-6-7-8-9-10-11-14-17-15-12-13-16-18(17)22(19,20)21;1-2/h12-13,15-16H,2-11,14H2,1H3,(H,19,20,21);2H2,1H3. The minimum absolute atomic E-state index is 0.0610. The molecule has 0 fully saturated rings. The van der Waals surface area contributed by atoms with E-state index < -0.39 is 10.1 Å². The van der Waals surface area contributed by atoms with Gasteiger partial charge >= 0.3 is 0 Å². The van der Waals surface area contributed by atoms with Crippen LogP contribution >= 0.6 is 9.24 Å². The molecule has 1 aromatic carbocycles. The van der Waals surface area contributed by atoms with Gasteiger partial charge in [0.2, 0.25) is 0 Å². The smallest absolute Gasteiger partial charge is 0.282 e. The summed E-state index contributed by atoms with van der Waals surface area (Å²) >= 11 is 0. The monoisotopic (exact) mass is 374 g/mol. The van der Waals surface area contributed by atoms with E-state index in [2.05, 4.69) is 16.2 Å². The lowest BCUT2D eigenvalue weighted by atomic mass is 10.0. The molecule has 0 heterocycles. The van der Waals surface area contributed by atoms with Gasteiger partial charge in [0.1, 0.15) is 0 Å². The topological polar surface area (TPSA) is 54.4 Å². The molecule has 1 aromatic rings. The lowest BCUT2D eigenvalue weighted by molar-refractivity contribution is 0.481. The number of rotatable bonds is 12. The van der Waals surface area contributed by atoms with Crippen molar-refractivity contribution in [2.75, 3.05) is 6.66 Å². The third-order valence-corrected chi connectivity index (χ3v) is 5.00. The van der Waals surface area contributed by atoms with Crippen molar-refractivity contribution < 1.29 is 13.0 Å². The van der Waals surface area contributed by atoms with Gasteiger partial charge in [0.15, 0.2) is 0 Å². The fourth-order valence-corrected chi connectivity index (χ4v) is 3.52. The van der Waals surface area contributed by atoms with Crippen LogP contribution in [0.3, 0.4) is 0 Å². The van der Waals surface area contributed by atoms with Crippen LogP contribution in [-0.4, -0.2) is 19.6 Å². The average molecular weight is 375 g/mol. The molecule has 1 N–H and O–H groups in total. The predicted molar refractivity (Wildman–Crippen MR) is 107 cm³/mol. The second-order valence-electron chi connectivity index (χ2n) is 6.01. The second-order valence-corrected chi connectivity index (χ2v) is 7.40. The molecule has 0 aliphatic rings. The largest absolute Gasteiger partial charge is 0.294 e. The maximum Gasteiger partial charge on any atom is 0.294 e. The molecule has 0 spiro atoms. The summed E-state index contributed by atoms with van der Waals surface area (Å²) in [4.78, 5) is 0.0610. The van der Waals surface area contributed by atoms with E-state index in [1.165, 1.54) is 57.4 Å². The Morgan fingerprint density at radius 2 is 1.29 bits per heavy atom. The zero-order valence-corrected chi connectivity index (χ0v) is 17.3. The predicted octanol–water partition coefficient (Wildman–Crippen LogP) is 5.89. The fourth-order valence-electron chi connectivity index (χ4n) is 2.76. The third-order valence-electron chi connectivity index (χ3n) is 4.05. The molecule has 1 atom stereocenters. The summed E-state index contributed by atoms with van der Waals surface area (Å²) in [5.41, 5.74) is 0.726. The van der Waals surface area contributed by atoms with E-state index in [1.807, 2.05) is 12.7 Å². The molecule has 0 saturated heterocycles. The Hall–Kier alpha value is -0.440. The van der Waals surface area contributed by atoms with Crippen LogP contribution in [0.4, 0.5) is 0 Å². The second kappa shape index (κ2) is 14.9. The van der Waals surface area contributed by atoms with Crippen LogP contribution in [0.15, 0.2) is 29.2 Å². The number of hydrogen-bond donors (Lipinski definition) is 1. The molecular weight excluding hydrogens is 339 g/mol. The third kappa shape index (κ3) is 11.2. The first-order chi connectivity index (χ1) is 11.6. The highest BCUT2D eigenvalue weighted by molar-refractivity contribution is 7.85. The van der Waals surface area contributed by atoms with Gasteiger partial charge in [-0.05, 0) is 24.5 Å². The molecule has 0 radical (unpaired) electrons. The maximum atomic E-state index is 11.3. The van der Waals surface area contributed by atoms with Gasteiger partial charge in [-0.2, -0.15) is 8.42 Å². The summed E-state index contributed by atoms with van der Waals surface area (Å²) in [6.07, 6.45) is 13.3. The summed E-state index contributed by atoms with van der Waals surface area (Å²) in [7, 11) is -1.68. The quantitative estimate of drug-likeness (QED) is 0.282. The lowest BCUT2D eigenvalue weighted by Crippen LogP contribution is -2.03. The van der Waals surface area contributed by atoms with Gasteiger partial charge in [0.05, 0.1) is 4.90 Å². The molecule has 1 rings (SSSR count). The highest BCUT2D eigenvalue weighted by Gasteiger charge is 2.13. The van der Waals surface area contributed by atoms with Gasteiger partial charge in [-0.15, -0.1) is 9.24 Å². The SMILES string of the molecule is CCCCCCCCCCCCc1ccccc1S(=O)(=O)O.CP. The van der Waals surface area contributed by atoms with Crippen LogP contribution in [0, 0.1) is 0 Å². The summed E-state index contributed by atoms with van der Waals surface area (Å²) in [6.45, 7) is 4.15. The fraction of sp³-hybridized carbons (Fsp3) is 0.684. The normalized spacial score (nSPS) is 11.0. The molecule has 140 valence electrons. The van der Waals surface area contributed by atoms with E-state index in [9.17, 15) is 13.0 Å². The minimum Gasteiger partial charge on any atom is -0.282 e. The minimum atomic E-state index is -4.10. The van der Waals surface area contributed by atoms with Crippen molar-refractivity contribution in [3.63, 3.8) is 0 Å². The number of benzene rings is 1. The first kappa shape index (κ1) is 23.6. The molecule has 5 heteroatoms. The van der Waals surface area contributed by atoms with Gasteiger partial charge in [0.25, 0.3) is 10.1 Å². The Bertz CT molecular complexity index is 515. The van der Waals surface area contributed by atoms with Crippen LogP contribution in [0.2, 0.25) is 0 Å². The number of unbranched alkanes of at least 4 members (excludes halogenated alkanes) is 9. The van der Waals surface area contributed by atoms with Crippen LogP contribution in [0.25, 0.3) is 0 Å². The first-order valence-electron chi connectivity index (χ1n) is 9.19. The van der Waals surface area contributed by atoms with Crippen LogP contribution in [0.1, 0.15) is 76.7 Å². The van der Waals surface area contributed by atoms with Crippen molar-refractivity contribution in [3.8, 4) is 0 Å². The molecular formula is C19H35O3PS. The van der Waals surface area contributed by atoms with Crippen molar-refractivity contribution in [2.24, 2.45) is 0 Å². The van der Waals surface area contributed by atoms with E-state index in [1.54, 1.807) is 12.1 Å². The summed E-state index contributed by atoms with van der Waals surface area (Å²) in [5, 5.41) is 0. The molecule has 3 nitrogen and oxygen atoms in total. The van der Waals surface area contributed by atoms with Crippen molar-refractivity contribution in [2.45, 2.75) is 82.4 Å². The van der Waals surface area contributed by atoms with E-state index in [-0.39, 0.29) is 4.90 Å². The zero-order valence-electron chi connectivity index (χ0n) is 15.3. The summed E-state index contributed by atoms with van der Waals surface area (Å²) in [6, 6.07) is 6.73. The van der Waals surface area contributed by atoms with Crippen LogP contribution in [0.5, 0.6) is 0 Å². The van der Waals surface area contributed by atoms with Crippen molar-refractivity contribution in [1.29, 1.82) is 0 Å². The van der Waals surface area contributed by atoms with Crippen molar-refractivity contribution in [3.05, 3.63) is 29.8 Å². The molecule has 0 aliphatic carbocycles. The number of aryl methyl sites for hydroxylation is 1. The van der Waals surface area contributed by atoms with Gasteiger partial charge in [0, 0.05) is 0 Å². The maximum absolute atomic E-state index is 11.3. The zero-order chi connectivity index (χ0) is 18.3. The highest BCUT2D eigenvalue weighted by Crippen LogP contribution is 2.18. The summed E-state index contributed by atoms with van der Waals surface area (Å²) < 4.78 is 31.8. The Balaban J connectivity index is 0.00000254. The number of hydrogen-bond acceptors (Lipinski definition) is 2. The molecule has 0 amide bonds. The lowest BCUT2D eigenvalue weighted by Gasteiger charge is -2.07. The van der Waals surface area contributed by atoms with Crippen molar-refractivity contribution >= 4 is 19.4 Å². The molecule has 0 aromatic heterocycles. The van der Waals surface area contributed by atoms with Gasteiger partial charge in [-0.25, -0.2) is 0 Å². The highest BCUT2D eigenvalue weighted by atomic mass is 32.2. The average Bonchev–Trinajstić information content (AvgIpc) is 2.58. The molecule has 0 saturated carbocycles. The molecule has 1 unspecified atom stereocenters. The van der Waals surface area contributed by atoms with Crippen molar-refractivity contribution in [1.82, 2.24) is 0 Å². The van der Waals surface area contributed by atoms with E-state index in [4.69, 9.17) is 0 Å². The Morgan fingerprint density at radius 3 is 1.79 bits per heavy atom. The first-order valence-corrected chi connectivity index (χ1v) is 11.8. The Kier molecular flexibility index (Phi) is 14.6. The molecule has 24 heavy (non-hydrogen) atoms. The van der Waals surface area contributed by atoms with Crippen LogP contribution in [-0.2, 0) is 16.5 Å². The van der Waals surface area contributed by atoms with E-state index in [0.29, 0.717) is 6.42 Å². The Labute approximate surface area is 151 Å². The Morgan fingerprint density at radius 1 is 0.833 bits per heavy atom. The molecule has 0 aliphatic heterocycles. The van der Waals surface area contributed by atoms with Crippen LogP contribution < -0.4 is 0 Å². The van der Waals surface area contributed by atoms with Gasteiger partial charge in [-0.1, -0.05) is 89.6 Å². The summed E-state index contributed by atoms with van der Waals surface area (Å²) in [5.74, 6) is 0. The van der Waals surface area contributed by atoms with Gasteiger partial charge in [-0.3, -0.25) is 4.55 Å².